The molecule has 2 saturated heterocycles. The first-order valence-corrected chi connectivity index (χ1v) is 30.0. The predicted molar refractivity (Wildman–Crippen MR) is 309 cm³/mol. The molecule has 2 fully saturated rings. The minimum atomic E-state index is -1.79. The minimum Gasteiger partial charge on any atom is -0.394 e. The molecule has 0 saturated carbocycles. The molecule has 2 heterocycles. The lowest BCUT2D eigenvalue weighted by molar-refractivity contribution is -0.359. The quantitative estimate of drug-likeness (QED) is 0.0205. The van der Waals surface area contributed by atoms with Crippen molar-refractivity contribution in [3.05, 3.63) is 97.2 Å². The summed E-state index contributed by atoms with van der Waals surface area (Å²) in [6, 6.07) is -0.933. The summed E-state index contributed by atoms with van der Waals surface area (Å²) in [5, 5.41) is 86.7. The first-order chi connectivity index (χ1) is 37.6. The zero-order valence-electron chi connectivity index (χ0n) is 47.4. The lowest BCUT2D eigenvalue weighted by atomic mass is 9.97. The molecule has 0 aliphatic carbocycles. The van der Waals surface area contributed by atoms with Crippen LogP contribution in [0.1, 0.15) is 200 Å². The number of ether oxygens (including phenoxy) is 4. The third-order valence-electron chi connectivity index (χ3n) is 14.0. The van der Waals surface area contributed by atoms with E-state index in [1.54, 1.807) is 6.08 Å². The first kappa shape index (κ1) is 70.0. The van der Waals surface area contributed by atoms with E-state index in [0.717, 1.165) is 83.5 Å². The van der Waals surface area contributed by atoms with Crippen LogP contribution in [-0.4, -0.2) is 140 Å². The lowest BCUT2D eigenvalue weighted by Crippen LogP contribution is -2.65. The molecule has 0 radical (unpaired) electrons. The highest BCUT2D eigenvalue weighted by Crippen LogP contribution is 2.30. The van der Waals surface area contributed by atoms with Crippen molar-refractivity contribution in [1.29, 1.82) is 0 Å². The number of hydrogen-bond donors (Lipinski definition) is 9. The topological polar surface area (TPSA) is 228 Å². The molecule has 12 atom stereocenters. The first-order valence-electron chi connectivity index (χ1n) is 30.0. The summed E-state index contributed by atoms with van der Waals surface area (Å²) in [5.41, 5.74) is 0. The molecule has 0 aromatic carbocycles. The molecule has 14 heteroatoms. The van der Waals surface area contributed by atoms with Gasteiger partial charge in [0.15, 0.2) is 12.6 Å². The fourth-order valence-electron chi connectivity index (χ4n) is 9.18. The fourth-order valence-corrected chi connectivity index (χ4v) is 9.18. The molecule has 1 amide bonds. The van der Waals surface area contributed by atoms with Crippen LogP contribution < -0.4 is 5.32 Å². The number of allylic oxidation sites excluding steroid dienone is 15. The van der Waals surface area contributed by atoms with Crippen LogP contribution >= 0.6 is 0 Å². The highest BCUT2D eigenvalue weighted by atomic mass is 16.7. The van der Waals surface area contributed by atoms with Crippen LogP contribution in [-0.2, 0) is 23.7 Å². The zero-order valence-corrected chi connectivity index (χ0v) is 47.4. The number of unbranched alkanes of at least 4 members (excludes halogenated alkanes) is 19. The molecular weight excluding hydrogens is 979 g/mol. The summed E-state index contributed by atoms with van der Waals surface area (Å²) in [4.78, 5) is 13.2. The maximum Gasteiger partial charge on any atom is 0.220 e. The number of carbonyl (C=O) groups is 1. The summed E-state index contributed by atoms with van der Waals surface area (Å²) in [5.74, 6) is -0.256. The van der Waals surface area contributed by atoms with Crippen molar-refractivity contribution in [2.24, 2.45) is 0 Å². The molecule has 0 spiro atoms. The van der Waals surface area contributed by atoms with Gasteiger partial charge in [-0.15, -0.1) is 0 Å². The minimum absolute atomic E-state index is 0.256. The van der Waals surface area contributed by atoms with Crippen molar-refractivity contribution in [1.82, 2.24) is 5.32 Å². The number of nitrogens with one attached hydrogen (secondary N) is 1. The van der Waals surface area contributed by atoms with Gasteiger partial charge in [0.05, 0.1) is 32.0 Å². The number of hydrogen-bond acceptors (Lipinski definition) is 13. The number of aliphatic hydroxyl groups is 8. The number of carbonyl (C=O) groups excluding carboxylic acids is 1. The summed E-state index contributed by atoms with van der Waals surface area (Å²) in [6.45, 7) is 2.56. The van der Waals surface area contributed by atoms with Gasteiger partial charge in [0.1, 0.15) is 48.8 Å². The van der Waals surface area contributed by atoms with Gasteiger partial charge in [0.25, 0.3) is 0 Å². The van der Waals surface area contributed by atoms with Gasteiger partial charge in [-0.3, -0.25) is 4.79 Å². The standard InChI is InChI=1S/C63H107NO13/c1-3-5-7-9-11-13-14-15-16-17-18-19-20-21-22-23-24-25-26-27-28-29-30-31-32-33-34-35-36-37-38-39-41-43-45-47-55(68)64-51(52(67)46-44-42-40-12-10-8-6-4-2)50-74-62-60(73)58(71)61(54(49-66)76-62)77-63-59(72)57(70)56(69)53(48-65)75-63/h5,7,10-13,15-16,18-19,21-22,24-25,44,46,51-54,56-63,65-67,69-73H,3-4,6,8-9,14,17,20,23,26-43,45,47-50H2,1-2H3,(H,64,68)/b7-5-,12-10+,13-11-,16-15-,19-18-,22-21-,25-24-,46-44+. The van der Waals surface area contributed by atoms with Crippen molar-refractivity contribution in [3.63, 3.8) is 0 Å². The molecule has 0 aromatic rings. The van der Waals surface area contributed by atoms with Gasteiger partial charge >= 0.3 is 0 Å². The normalized spacial score (nSPS) is 25.4. The molecular formula is C63H107NO13. The summed E-state index contributed by atoms with van der Waals surface area (Å²) < 4.78 is 22.7. The van der Waals surface area contributed by atoms with E-state index in [4.69, 9.17) is 18.9 Å². The number of aliphatic hydroxyl groups excluding tert-OH is 8. The Morgan fingerprint density at radius 1 is 0.481 bits per heavy atom. The smallest absolute Gasteiger partial charge is 0.220 e. The Bertz CT molecular complexity index is 1660. The highest BCUT2D eigenvalue weighted by Gasteiger charge is 2.51. The van der Waals surface area contributed by atoms with Crippen LogP contribution in [0.3, 0.4) is 0 Å². The Balaban J connectivity index is 1.58. The second-order valence-corrected chi connectivity index (χ2v) is 20.7. The molecule has 2 aliphatic rings. The molecule has 14 nitrogen and oxygen atoms in total. The SMILES string of the molecule is CC/C=C\C/C=C\C/C=C\C/C=C\C/C=C\C/C=C\CCCCCCCCCCCCCCCCCCC(=O)NC(COC1OC(CO)C(OC2OC(CO)C(O)C(O)C2O)C(O)C1O)C(O)/C=C/CC/C=C/CCCC. The Kier molecular flexibility index (Phi) is 43.4. The monoisotopic (exact) mass is 1090 g/mol. The molecule has 0 aromatic heterocycles. The fraction of sp³-hybridized carbons (Fsp3) is 0.730. The molecule has 12 unspecified atom stereocenters. The molecule has 9 N–H and O–H groups in total. The highest BCUT2D eigenvalue weighted by molar-refractivity contribution is 5.76. The Morgan fingerprint density at radius 3 is 1.43 bits per heavy atom. The molecule has 0 bridgehead atoms. The maximum atomic E-state index is 13.2. The average Bonchev–Trinajstić information content (AvgIpc) is 3.44. The van der Waals surface area contributed by atoms with E-state index in [1.165, 1.54) is 83.5 Å². The van der Waals surface area contributed by atoms with Crippen LogP contribution in [0.2, 0.25) is 0 Å². The molecule has 2 aliphatic heterocycles. The van der Waals surface area contributed by atoms with Crippen molar-refractivity contribution < 1.29 is 64.6 Å². The van der Waals surface area contributed by atoms with Gasteiger partial charge in [-0.2, -0.15) is 0 Å². The van der Waals surface area contributed by atoms with Crippen LogP contribution in [0, 0.1) is 0 Å². The Hall–Kier alpha value is -3.09. The van der Waals surface area contributed by atoms with Gasteiger partial charge in [-0.1, -0.05) is 214 Å². The Morgan fingerprint density at radius 2 is 0.909 bits per heavy atom. The Labute approximate surface area is 464 Å². The van der Waals surface area contributed by atoms with Crippen molar-refractivity contribution >= 4 is 5.91 Å². The van der Waals surface area contributed by atoms with E-state index < -0.39 is 86.8 Å². The van der Waals surface area contributed by atoms with Crippen molar-refractivity contribution in [3.8, 4) is 0 Å². The van der Waals surface area contributed by atoms with Crippen LogP contribution in [0.25, 0.3) is 0 Å². The van der Waals surface area contributed by atoms with Crippen molar-refractivity contribution in [2.45, 2.75) is 274 Å². The molecule has 442 valence electrons. The number of amides is 1. The average molecular weight is 1090 g/mol. The molecule has 77 heavy (non-hydrogen) atoms. The van der Waals surface area contributed by atoms with Crippen LogP contribution in [0.5, 0.6) is 0 Å². The van der Waals surface area contributed by atoms with E-state index >= 15 is 0 Å². The third-order valence-corrected chi connectivity index (χ3v) is 14.0. The summed E-state index contributed by atoms with van der Waals surface area (Å²) in [7, 11) is 0. The van der Waals surface area contributed by atoms with Gasteiger partial charge in [0, 0.05) is 6.42 Å². The third kappa shape index (κ3) is 33.3. The zero-order chi connectivity index (χ0) is 56.0. The predicted octanol–water partition coefficient (Wildman–Crippen LogP) is 10.3. The van der Waals surface area contributed by atoms with E-state index in [-0.39, 0.29) is 18.9 Å². The van der Waals surface area contributed by atoms with Crippen LogP contribution in [0.4, 0.5) is 0 Å². The van der Waals surface area contributed by atoms with Crippen molar-refractivity contribution in [2.75, 3.05) is 19.8 Å². The van der Waals surface area contributed by atoms with E-state index in [2.05, 4.69) is 104 Å². The maximum absolute atomic E-state index is 13.2. The van der Waals surface area contributed by atoms with Gasteiger partial charge in [-0.25, -0.2) is 0 Å². The number of rotatable bonds is 46. The lowest BCUT2D eigenvalue weighted by Gasteiger charge is -2.46. The van der Waals surface area contributed by atoms with E-state index in [1.807, 2.05) is 6.08 Å². The van der Waals surface area contributed by atoms with Crippen LogP contribution in [0.15, 0.2) is 97.2 Å². The van der Waals surface area contributed by atoms with Gasteiger partial charge in [-0.05, 0) is 77.0 Å². The summed E-state index contributed by atoms with van der Waals surface area (Å²) >= 11 is 0. The van der Waals surface area contributed by atoms with Gasteiger partial charge < -0.3 is 65.1 Å². The second kappa shape index (κ2) is 47.7. The van der Waals surface area contributed by atoms with E-state index in [9.17, 15) is 45.6 Å². The molecule has 2 rings (SSSR count). The largest absolute Gasteiger partial charge is 0.394 e. The van der Waals surface area contributed by atoms with E-state index in [0.29, 0.717) is 12.8 Å². The summed E-state index contributed by atoms with van der Waals surface area (Å²) in [6.07, 6.45) is 49.3. The van der Waals surface area contributed by atoms with Gasteiger partial charge in [0.2, 0.25) is 5.91 Å². The second-order valence-electron chi connectivity index (χ2n) is 20.7.